The Balaban J connectivity index is 1.95. The third kappa shape index (κ3) is 2.04. The number of hydrogen-bond acceptors (Lipinski definition) is 1. The van der Waals surface area contributed by atoms with Crippen LogP contribution in [0.4, 0.5) is 0 Å². The van der Waals surface area contributed by atoms with E-state index in [2.05, 4.69) is 44.2 Å². The van der Waals surface area contributed by atoms with Crippen molar-refractivity contribution >= 4 is 5.78 Å². The van der Waals surface area contributed by atoms with E-state index in [1.54, 1.807) is 0 Å². The Morgan fingerprint density at radius 2 is 1.30 bits per heavy atom. The summed E-state index contributed by atoms with van der Waals surface area (Å²) in [6, 6.07) is 24.5. The molecular formula is C22H18O. The molecule has 0 saturated carbocycles. The molecular weight excluding hydrogens is 280 g/mol. The maximum Gasteiger partial charge on any atom is 0.193 e. The Hall–Kier alpha value is -2.67. The van der Waals surface area contributed by atoms with Crippen LogP contribution in [0, 0.1) is 0 Å². The first-order valence-corrected chi connectivity index (χ1v) is 7.93. The third-order valence-electron chi connectivity index (χ3n) is 4.89. The van der Waals surface area contributed by atoms with Crippen molar-refractivity contribution in [3.8, 4) is 11.1 Å². The van der Waals surface area contributed by atoms with E-state index in [0.29, 0.717) is 0 Å². The molecule has 0 atom stereocenters. The topological polar surface area (TPSA) is 17.1 Å². The molecule has 0 spiro atoms. The maximum absolute atomic E-state index is 12.8. The van der Waals surface area contributed by atoms with Crippen LogP contribution >= 0.6 is 0 Å². The number of benzene rings is 3. The zero-order valence-electron chi connectivity index (χ0n) is 13.3. The lowest BCUT2D eigenvalue weighted by molar-refractivity contribution is 0.103. The Labute approximate surface area is 136 Å². The van der Waals surface area contributed by atoms with E-state index in [0.717, 1.165) is 27.8 Å². The SMILES string of the molecule is CC1(C)c2ccccc2C(=O)c2ccc(-c3ccccc3)cc21. The summed E-state index contributed by atoms with van der Waals surface area (Å²) in [7, 11) is 0. The minimum atomic E-state index is -0.176. The Bertz CT molecular complexity index is 904. The second kappa shape index (κ2) is 4.92. The van der Waals surface area contributed by atoms with Crippen molar-refractivity contribution in [2.24, 2.45) is 0 Å². The smallest absolute Gasteiger partial charge is 0.193 e. The highest BCUT2D eigenvalue weighted by molar-refractivity contribution is 6.13. The van der Waals surface area contributed by atoms with Crippen molar-refractivity contribution in [1.29, 1.82) is 0 Å². The molecule has 0 N–H and O–H groups in total. The zero-order chi connectivity index (χ0) is 16.0. The molecule has 0 fully saturated rings. The lowest BCUT2D eigenvalue weighted by atomic mass is 9.68. The highest BCUT2D eigenvalue weighted by atomic mass is 16.1. The molecule has 1 heteroatoms. The first-order chi connectivity index (χ1) is 11.1. The van der Waals surface area contributed by atoms with E-state index in [4.69, 9.17) is 0 Å². The molecule has 0 aromatic heterocycles. The van der Waals surface area contributed by atoms with Gasteiger partial charge in [0, 0.05) is 16.5 Å². The van der Waals surface area contributed by atoms with Crippen molar-refractivity contribution in [3.63, 3.8) is 0 Å². The van der Waals surface area contributed by atoms with Gasteiger partial charge >= 0.3 is 0 Å². The number of carbonyl (C=O) groups is 1. The standard InChI is InChI=1S/C22H18O/c1-22(2)19-11-7-6-10-17(19)21(23)18-13-12-16(14-20(18)22)15-8-4-3-5-9-15/h3-14H,1-2H3. The van der Waals surface area contributed by atoms with Gasteiger partial charge in [-0.3, -0.25) is 4.79 Å². The molecule has 0 aliphatic heterocycles. The summed E-state index contributed by atoms with van der Waals surface area (Å²) in [4.78, 5) is 12.8. The lowest BCUT2D eigenvalue weighted by Gasteiger charge is -2.34. The van der Waals surface area contributed by atoms with Crippen LogP contribution in [0.1, 0.15) is 40.9 Å². The molecule has 0 saturated heterocycles. The molecule has 0 amide bonds. The van der Waals surface area contributed by atoms with Gasteiger partial charge < -0.3 is 0 Å². The predicted molar refractivity (Wildman–Crippen MR) is 93.9 cm³/mol. The van der Waals surface area contributed by atoms with Gasteiger partial charge in [-0.25, -0.2) is 0 Å². The first-order valence-electron chi connectivity index (χ1n) is 7.93. The van der Waals surface area contributed by atoms with E-state index in [1.165, 1.54) is 5.56 Å². The number of fused-ring (bicyclic) bond motifs is 2. The van der Waals surface area contributed by atoms with Crippen molar-refractivity contribution in [2.45, 2.75) is 19.3 Å². The monoisotopic (exact) mass is 298 g/mol. The maximum atomic E-state index is 12.8. The highest BCUT2D eigenvalue weighted by Crippen LogP contribution is 2.42. The average molecular weight is 298 g/mol. The number of hydrogen-bond donors (Lipinski definition) is 0. The zero-order valence-corrected chi connectivity index (χ0v) is 13.3. The van der Waals surface area contributed by atoms with Gasteiger partial charge in [-0.2, -0.15) is 0 Å². The van der Waals surface area contributed by atoms with Crippen LogP contribution in [-0.2, 0) is 5.41 Å². The van der Waals surface area contributed by atoms with Gasteiger partial charge in [0.2, 0.25) is 0 Å². The first kappa shape index (κ1) is 14.0. The fourth-order valence-electron chi connectivity index (χ4n) is 3.59. The van der Waals surface area contributed by atoms with Gasteiger partial charge in [0.15, 0.2) is 5.78 Å². The van der Waals surface area contributed by atoms with E-state index in [-0.39, 0.29) is 11.2 Å². The van der Waals surface area contributed by atoms with Gasteiger partial charge in [-0.1, -0.05) is 80.6 Å². The summed E-state index contributed by atoms with van der Waals surface area (Å²) in [5.74, 6) is 0.134. The van der Waals surface area contributed by atoms with Crippen LogP contribution in [0.3, 0.4) is 0 Å². The van der Waals surface area contributed by atoms with Crippen molar-refractivity contribution in [3.05, 3.63) is 95.1 Å². The molecule has 1 aliphatic rings. The Kier molecular flexibility index (Phi) is 2.99. The van der Waals surface area contributed by atoms with Gasteiger partial charge in [-0.05, 0) is 28.3 Å². The molecule has 1 aliphatic carbocycles. The Morgan fingerprint density at radius 1 is 0.652 bits per heavy atom. The fraction of sp³-hybridized carbons (Fsp3) is 0.136. The van der Waals surface area contributed by atoms with Crippen LogP contribution < -0.4 is 0 Å². The normalized spacial score (nSPS) is 15.0. The summed E-state index contributed by atoms with van der Waals surface area (Å²) < 4.78 is 0. The third-order valence-corrected chi connectivity index (χ3v) is 4.89. The number of carbonyl (C=O) groups excluding carboxylic acids is 1. The summed E-state index contributed by atoms with van der Waals surface area (Å²) >= 11 is 0. The molecule has 0 radical (unpaired) electrons. The molecule has 4 rings (SSSR count). The van der Waals surface area contributed by atoms with Crippen LogP contribution in [0.5, 0.6) is 0 Å². The molecule has 23 heavy (non-hydrogen) atoms. The van der Waals surface area contributed by atoms with Crippen LogP contribution in [0.25, 0.3) is 11.1 Å². The molecule has 0 heterocycles. The van der Waals surface area contributed by atoms with Gasteiger partial charge in [0.05, 0.1) is 0 Å². The number of rotatable bonds is 1. The second-order valence-electron chi connectivity index (χ2n) is 6.63. The summed E-state index contributed by atoms with van der Waals surface area (Å²) in [5, 5.41) is 0. The predicted octanol–water partition coefficient (Wildman–Crippen LogP) is 5.22. The highest BCUT2D eigenvalue weighted by Gasteiger charge is 2.36. The minimum absolute atomic E-state index is 0.134. The molecule has 3 aromatic rings. The average Bonchev–Trinajstić information content (AvgIpc) is 2.60. The second-order valence-corrected chi connectivity index (χ2v) is 6.63. The molecule has 0 unspecified atom stereocenters. The van der Waals surface area contributed by atoms with Crippen molar-refractivity contribution < 1.29 is 4.79 Å². The molecule has 1 nitrogen and oxygen atoms in total. The molecule has 0 bridgehead atoms. The van der Waals surface area contributed by atoms with E-state index in [9.17, 15) is 4.79 Å². The van der Waals surface area contributed by atoms with Gasteiger partial charge in [0.1, 0.15) is 0 Å². The minimum Gasteiger partial charge on any atom is -0.289 e. The van der Waals surface area contributed by atoms with Crippen LogP contribution in [0.15, 0.2) is 72.8 Å². The lowest BCUT2D eigenvalue weighted by Crippen LogP contribution is -2.30. The van der Waals surface area contributed by atoms with Crippen molar-refractivity contribution in [2.75, 3.05) is 0 Å². The largest absolute Gasteiger partial charge is 0.289 e. The Morgan fingerprint density at radius 3 is 2.09 bits per heavy atom. The van der Waals surface area contributed by atoms with E-state index >= 15 is 0 Å². The molecule has 112 valence electrons. The summed E-state index contributed by atoms with van der Waals surface area (Å²) in [5.41, 5.74) is 6.04. The van der Waals surface area contributed by atoms with Crippen LogP contribution in [-0.4, -0.2) is 5.78 Å². The van der Waals surface area contributed by atoms with Crippen molar-refractivity contribution in [1.82, 2.24) is 0 Å². The quantitative estimate of drug-likeness (QED) is 0.601. The van der Waals surface area contributed by atoms with Gasteiger partial charge in [0.25, 0.3) is 0 Å². The summed E-state index contributed by atoms with van der Waals surface area (Å²) in [6.45, 7) is 4.40. The molecule has 3 aromatic carbocycles. The van der Waals surface area contributed by atoms with E-state index in [1.807, 2.05) is 42.5 Å². The fourth-order valence-corrected chi connectivity index (χ4v) is 3.59. The van der Waals surface area contributed by atoms with E-state index < -0.39 is 0 Å². The summed E-state index contributed by atoms with van der Waals surface area (Å²) in [6.07, 6.45) is 0. The van der Waals surface area contributed by atoms with Gasteiger partial charge in [-0.15, -0.1) is 0 Å². The number of ketones is 1. The van der Waals surface area contributed by atoms with Crippen LogP contribution in [0.2, 0.25) is 0 Å².